The van der Waals surface area contributed by atoms with Crippen LogP contribution in [-0.4, -0.2) is 27.1 Å². The second-order valence-electron chi connectivity index (χ2n) is 8.51. The summed E-state index contributed by atoms with van der Waals surface area (Å²) < 4.78 is 64.3. The number of benzene rings is 2. The Balaban J connectivity index is 1.60. The molecule has 0 bridgehead atoms. The Labute approximate surface area is 193 Å². The highest BCUT2D eigenvalue weighted by Gasteiger charge is 2.31. The van der Waals surface area contributed by atoms with Crippen LogP contribution in [-0.2, 0) is 33.8 Å². The molecule has 0 fully saturated rings. The van der Waals surface area contributed by atoms with Crippen molar-refractivity contribution in [3.8, 4) is 0 Å². The van der Waals surface area contributed by atoms with Crippen molar-refractivity contribution >= 4 is 21.6 Å². The van der Waals surface area contributed by atoms with Crippen LogP contribution >= 0.6 is 0 Å². The van der Waals surface area contributed by atoms with Gasteiger partial charge in [0.1, 0.15) is 0 Å². The average molecular weight is 483 g/mol. The number of rotatable bonds is 8. The van der Waals surface area contributed by atoms with E-state index < -0.39 is 21.8 Å². The van der Waals surface area contributed by atoms with E-state index in [0.29, 0.717) is 0 Å². The van der Waals surface area contributed by atoms with Crippen LogP contribution in [0.1, 0.15) is 60.9 Å². The fraction of sp³-hybridized carbons (Fsp3) is 0.458. The molecule has 0 aromatic heterocycles. The summed E-state index contributed by atoms with van der Waals surface area (Å²) in [6.07, 6.45) is 1.08. The minimum atomic E-state index is -4.58. The van der Waals surface area contributed by atoms with Crippen molar-refractivity contribution in [2.45, 2.75) is 57.7 Å². The van der Waals surface area contributed by atoms with E-state index in [0.717, 1.165) is 41.1 Å². The molecule has 9 heteroatoms. The maximum Gasteiger partial charge on any atom is 0.416 e. The Hall–Kier alpha value is -2.55. The summed E-state index contributed by atoms with van der Waals surface area (Å²) in [7, 11) is -3.82. The zero-order chi connectivity index (χ0) is 24.2. The van der Waals surface area contributed by atoms with E-state index in [2.05, 4.69) is 17.4 Å². The van der Waals surface area contributed by atoms with Gasteiger partial charge in [0.25, 0.3) is 0 Å². The minimum absolute atomic E-state index is 0.0558. The second kappa shape index (κ2) is 10.2. The molecule has 1 aliphatic rings. The van der Waals surface area contributed by atoms with E-state index >= 15 is 0 Å². The fourth-order valence-electron chi connectivity index (χ4n) is 4.13. The van der Waals surface area contributed by atoms with Gasteiger partial charge in [-0.25, -0.2) is 8.42 Å². The first-order valence-electron chi connectivity index (χ1n) is 11.0. The highest BCUT2D eigenvalue weighted by Crippen LogP contribution is 2.32. The Morgan fingerprint density at radius 1 is 1.09 bits per heavy atom. The number of alkyl halides is 3. The van der Waals surface area contributed by atoms with Crippen LogP contribution in [0, 0.1) is 0 Å². The number of fused-ring (bicyclic) bond motifs is 1. The van der Waals surface area contributed by atoms with Crippen molar-refractivity contribution in [1.29, 1.82) is 0 Å². The number of anilines is 1. The summed E-state index contributed by atoms with van der Waals surface area (Å²) in [4.78, 5) is 12.4. The topological polar surface area (TPSA) is 66.5 Å². The minimum Gasteiger partial charge on any atom is -0.350 e. The Morgan fingerprint density at radius 3 is 2.45 bits per heavy atom. The molecule has 0 spiro atoms. The van der Waals surface area contributed by atoms with Crippen LogP contribution in [0.4, 0.5) is 18.9 Å². The molecule has 180 valence electrons. The number of nitrogens with one attached hydrogen (secondary N) is 1. The van der Waals surface area contributed by atoms with E-state index in [1.54, 1.807) is 0 Å². The Bertz CT molecular complexity index is 1100. The third-order valence-corrected chi connectivity index (χ3v) is 7.07. The van der Waals surface area contributed by atoms with Crippen LogP contribution < -0.4 is 9.62 Å². The molecule has 1 atom stereocenters. The molecule has 1 N–H and O–H groups in total. The molecule has 1 aliphatic carbocycles. The summed E-state index contributed by atoms with van der Waals surface area (Å²) >= 11 is 0. The lowest BCUT2D eigenvalue weighted by atomic mass is 9.89. The highest BCUT2D eigenvalue weighted by molar-refractivity contribution is 7.92. The molecule has 0 heterocycles. The normalized spacial score (nSPS) is 14.9. The average Bonchev–Trinajstić information content (AvgIpc) is 2.75. The van der Waals surface area contributed by atoms with E-state index in [-0.39, 0.29) is 37.0 Å². The quantitative estimate of drug-likeness (QED) is 0.575. The van der Waals surface area contributed by atoms with Gasteiger partial charge in [0.05, 0.1) is 23.5 Å². The predicted molar refractivity (Wildman–Crippen MR) is 123 cm³/mol. The third-order valence-electron chi connectivity index (χ3n) is 5.88. The van der Waals surface area contributed by atoms with Crippen LogP contribution in [0.25, 0.3) is 0 Å². The molecule has 5 nitrogen and oxygen atoms in total. The van der Waals surface area contributed by atoms with E-state index in [1.807, 2.05) is 13.0 Å². The molecule has 2 aromatic carbocycles. The number of aryl methyl sites for hydroxylation is 2. The first kappa shape index (κ1) is 25.1. The van der Waals surface area contributed by atoms with Crippen LogP contribution in [0.5, 0.6) is 0 Å². The molecular formula is C24H29F3N2O3S. The molecule has 0 radical (unpaired) electrons. The Morgan fingerprint density at radius 2 is 1.79 bits per heavy atom. The SMILES string of the molecule is C[C@@H](NC(=O)CCCN(c1cccc(C(F)(F)F)c1)S(C)(=O)=O)c1ccc2c(c1)CCCC2. The molecule has 2 aromatic rings. The van der Waals surface area contributed by atoms with Gasteiger partial charge in [0.2, 0.25) is 15.9 Å². The van der Waals surface area contributed by atoms with Gasteiger partial charge in [-0.05, 0) is 73.9 Å². The number of hydrogen-bond acceptors (Lipinski definition) is 3. The number of carbonyl (C=O) groups excluding carboxylic acids is 1. The van der Waals surface area contributed by atoms with Crippen molar-refractivity contribution in [2.24, 2.45) is 0 Å². The van der Waals surface area contributed by atoms with E-state index in [4.69, 9.17) is 0 Å². The molecular weight excluding hydrogens is 453 g/mol. The van der Waals surface area contributed by atoms with Gasteiger partial charge in [-0.2, -0.15) is 13.2 Å². The first-order chi connectivity index (χ1) is 15.4. The van der Waals surface area contributed by atoms with E-state index in [9.17, 15) is 26.4 Å². The molecule has 0 aliphatic heterocycles. The molecule has 33 heavy (non-hydrogen) atoms. The van der Waals surface area contributed by atoms with E-state index in [1.165, 1.54) is 36.1 Å². The lowest BCUT2D eigenvalue weighted by Crippen LogP contribution is -2.32. The molecule has 3 rings (SSSR count). The van der Waals surface area contributed by atoms with Crippen molar-refractivity contribution in [1.82, 2.24) is 5.32 Å². The lowest BCUT2D eigenvalue weighted by Gasteiger charge is -2.23. The summed E-state index contributed by atoms with van der Waals surface area (Å²) in [6.45, 7) is 1.80. The smallest absolute Gasteiger partial charge is 0.350 e. The standard InChI is InChI=1S/C24H29F3N2O3S/c1-17(19-13-12-18-7-3-4-8-20(18)15-19)28-23(30)11-6-14-29(33(2,31)32)22-10-5-9-21(16-22)24(25,26)27/h5,9-10,12-13,15-17H,3-4,6-8,11,14H2,1-2H3,(H,28,30)/t17-/m1/s1. The molecule has 0 unspecified atom stereocenters. The van der Waals surface area contributed by atoms with Gasteiger partial charge in [0, 0.05) is 13.0 Å². The second-order valence-corrected chi connectivity index (χ2v) is 10.4. The van der Waals surface area contributed by atoms with Crippen LogP contribution in [0.15, 0.2) is 42.5 Å². The van der Waals surface area contributed by atoms with Crippen molar-refractivity contribution < 1.29 is 26.4 Å². The molecule has 1 amide bonds. The van der Waals surface area contributed by atoms with Crippen molar-refractivity contribution in [2.75, 3.05) is 17.1 Å². The van der Waals surface area contributed by atoms with Gasteiger partial charge in [0.15, 0.2) is 0 Å². The fourth-order valence-corrected chi connectivity index (χ4v) is 5.08. The molecule has 0 saturated heterocycles. The first-order valence-corrected chi connectivity index (χ1v) is 12.9. The van der Waals surface area contributed by atoms with Gasteiger partial charge >= 0.3 is 6.18 Å². The van der Waals surface area contributed by atoms with Gasteiger partial charge < -0.3 is 5.32 Å². The van der Waals surface area contributed by atoms with Gasteiger partial charge in [-0.3, -0.25) is 9.10 Å². The summed E-state index contributed by atoms with van der Waals surface area (Å²) in [5.41, 5.74) is 2.70. The predicted octanol–water partition coefficient (Wildman–Crippen LogP) is 5.01. The van der Waals surface area contributed by atoms with Crippen molar-refractivity contribution in [3.05, 3.63) is 64.7 Å². The summed E-state index contributed by atoms with van der Waals surface area (Å²) in [5, 5.41) is 2.93. The lowest BCUT2D eigenvalue weighted by molar-refractivity contribution is -0.137. The number of hydrogen-bond donors (Lipinski definition) is 1. The molecule has 0 saturated carbocycles. The Kier molecular flexibility index (Phi) is 7.72. The maximum atomic E-state index is 13.0. The summed E-state index contributed by atoms with van der Waals surface area (Å²) in [6, 6.07) is 10.3. The highest BCUT2D eigenvalue weighted by atomic mass is 32.2. The number of sulfonamides is 1. The monoisotopic (exact) mass is 482 g/mol. The number of carbonyl (C=O) groups is 1. The van der Waals surface area contributed by atoms with Gasteiger partial charge in [-0.1, -0.05) is 24.3 Å². The number of amides is 1. The number of nitrogens with zero attached hydrogens (tertiary/aromatic N) is 1. The van der Waals surface area contributed by atoms with Crippen molar-refractivity contribution in [3.63, 3.8) is 0 Å². The third kappa shape index (κ3) is 6.72. The maximum absolute atomic E-state index is 13.0. The summed E-state index contributed by atoms with van der Waals surface area (Å²) in [5.74, 6) is -0.238. The largest absolute Gasteiger partial charge is 0.416 e. The zero-order valence-electron chi connectivity index (χ0n) is 18.8. The van der Waals surface area contributed by atoms with Crippen LogP contribution in [0.3, 0.4) is 0 Å². The zero-order valence-corrected chi connectivity index (χ0v) is 19.6. The van der Waals surface area contributed by atoms with Crippen LogP contribution in [0.2, 0.25) is 0 Å². The van der Waals surface area contributed by atoms with Gasteiger partial charge in [-0.15, -0.1) is 0 Å². The number of halogens is 3.